The van der Waals surface area contributed by atoms with Gasteiger partial charge in [0.25, 0.3) is 17.8 Å². The molecule has 2 nitrogen and oxygen atoms in total. The summed E-state index contributed by atoms with van der Waals surface area (Å²) in [5, 5.41) is 0. The van der Waals surface area contributed by atoms with Gasteiger partial charge in [-0.05, 0) is 20.3 Å². The molecule has 0 aromatic carbocycles. The SMILES string of the molecule is CCC(C)(C)C(=O)OCC(F)(F)CC(F)(F)CC(F)(F)CC(F)(F)F. The quantitative estimate of drug-likeness (QED) is 0.378. The van der Waals surface area contributed by atoms with Crippen LogP contribution in [0.25, 0.3) is 0 Å². The zero-order valence-electron chi connectivity index (χ0n) is 13.8. The first-order valence-corrected chi connectivity index (χ1v) is 7.18. The van der Waals surface area contributed by atoms with E-state index in [9.17, 15) is 44.3 Å². The minimum Gasteiger partial charge on any atom is -0.459 e. The fourth-order valence-corrected chi connectivity index (χ4v) is 1.74. The summed E-state index contributed by atoms with van der Waals surface area (Å²) in [6.45, 7) is 2.49. The van der Waals surface area contributed by atoms with Gasteiger partial charge in [0.1, 0.15) is 6.42 Å². The van der Waals surface area contributed by atoms with Crippen molar-refractivity contribution in [1.82, 2.24) is 0 Å². The monoisotopic (exact) mass is 390 g/mol. The third-order valence-electron chi connectivity index (χ3n) is 3.34. The van der Waals surface area contributed by atoms with Crippen molar-refractivity contribution in [3.05, 3.63) is 0 Å². The second-order valence-electron chi connectivity index (χ2n) is 6.53. The van der Waals surface area contributed by atoms with Crippen LogP contribution in [-0.4, -0.2) is 36.5 Å². The van der Waals surface area contributed by atoms with E-state index in [4.69, 9.17) is 0 Å². The van der Waals surface area contributed by atoms with Crippen LogP contribution in [0.1, 0.15) is 46.5 Å². The first-order valence-electron chi connectivity index (χ1n) is 7.18. The number of ether oxygens (including phenoxy) is 1. The first kappa shape index (κ1) is 23.8. The molecule has 0 rings (SSSR count). The fourth-order valence-electron chi connectivity index (χ4n) is 1.74. The van der Waals surface area contributed by atoms with E-state index in [2.05, 4.69) is 4.74 Å². The summed E-state index contributed by atoms with van der Waals surface area (Å²) in [4.78, 5) is 11.5. The molecule has 0 N–H and O–H groups in total. The molecule has 0 aromatic heterocycles. The summed E-state index contributed by atoms with van der Waals surface area (Å²) in [5.74, 6) is -15.2. The number of hydrogen-bond donors (Lipinski definition) is 0. The maximum Gasteiger partial charge on any atom is 0.394 e. The molecule has 11 heteroatoms. The van der Waals surface area contributed by atoms with Gasteiger partial charge in [-0.25, -0.2) is 26.3 Å². The Labute approximate surface area is 138 Å². The summed E-state index contributed by atoms with van der Waals surface area (Å²) < 4.78 is 119. The lowest BCUT2D eigenvalue weighted by molar-refractivity contribution is -0.217. The highest BCUT2D eigenvalue weighted by atomic mass is 19.4. The van der Waals surface area contributed by atoms with Crippen molar-refractivity contribution in [2.45, 2.75) is 70.4 Å². The Morgan fingerprint density at radius 3 is 1.56 bits per heavy atom. The minimum absolute atomic E-state index is 0.206. The fraction of sp³-hybridized carbons (Fsp3) is 0.929. The Hall–Kier alpha value is -1.16. The van der Waals surface area contributed by atoms with Crippen molar-refractivity contribution in [3.8, 4) is 0 Å². The molecular formula is C14H19F9O2. The van der Waals surface area contributed by atoms with Gasteiger partial charge in [-0.15, -0.1) is 0 Å². The van der Waals surface area contributed by atoms with Gasteiger partial charge in [-0.1, -0.05) is 6.92 Å². The Balaban J connectivity index is 4.83. The topological polar surface area (TPSA) is 26.3 Å². The molecule has 0 spiro atoms. The molecule has 0 saturated carbocycles. The van der Waals surface area contributed by atoms with Gasteiger partial charge in [0, 0.05) is 0 Å². The third-order valence-corrected chi connectivity index (χ3v) is 3.34. The molecule has 0 amide bonds. The maximum atomic E-state index is 13.5. The van der Waals surface area contributed by atoms with Gasteiger partial charge in [-0.2, -0.15) is 13.2 Å². The van der Waals surface area contributed by atoms with Crippen LogP contribution in [0.4, 0.5) is 39.5 Å². The number of halogens is 9. The van der Waals surface area contributed by atoms with Crippen molar-refractivity contribution in [1.29, 1.82) is 0 Å². The lowest BCUT2D eigenvalue weighted by Gasteiger charge is -2.28. The lowest BCUT2D eigenvalue weighted by atomic mass is 9.91. The smallest absolute Gasteiger partial charge is 0.394 e. The molecule has 0 aromatic rings. The van der Waals surface area contributed by atoms with Crippen LogP contribution in [-0.2, 0) is 9.53 Å². The number of alkyl halides is 9. The summed E-state index contributed by atoms with van der Waals surface area (Å²) in [6, 6.07) is 0. The lowest BCUT2D eigenvalue weighted by Crippen LogP contribution is -2.40. The average molecular weight is 390 g/mol. The summed E-state index contributed by atoms with van der Waals surface area (Å²) >= 11 is 0. The molecule has 0 atom stereocenters. The number of esters is 1. The van der Waals surface area contributed by atoms with Crippen LogP contribution in [0.5, 0.6) is 0 Å². The number of rotatable bonds is 9. The maximum absolute atomic E-state index is 13.5. The Morgan fingerprint density at radius 2 is 1.16 bits per heavy atom. The number of carbonyl (C=O) groups is 1. The molecule has 0 heterocycles. The van der Waals surface area contributed by atoms with Gasteiger partial charge in [0.2, 0.25) is 0 Å². The molecule has 0 aliphatic heterocycles. The van der Waals surface area contributed by atoms with E-state index in [1.807, 2.05) is 0 Å². The van der Waals surface area contributed by atoms with E-state index in [0.717, 1.165) is 0 Å². The first-order chi connectivity index (χ1) is 10.8. The number of hydrogen-bond acceptors (Lipinski definition) is 2. The molecule has 0 aliphatic rings. The normalized spacial score (nSPS) is 14.6. The van der Waals surface area contributed by atoms with Gasteiger partial charge in [0.05, 0.1) is 18.3 Å². The second kappa shape index (κ2) is 7.61. The van der Waals surface area contributed by atoms with E-state index < -0.39 is 61.2 Å². The Bertz CT molecular complexity index is 456. The van der Waals surface area contributed by atoms with Crippen LogP contribution < -0.4 is 0 Å². The van der Waals surface area contributed by atoms with E-state index in [1.54, 1.807) is 6.92 Å². The van der Waals surface area contributed by atoms with E-state index >= 15 is 0 Å². The van der Waals surface area contributed by atoms with Crippen LogP contribution >= 0.6 is 0 Å². The Kier molecular flexibility index (Phi) is 7.26. The summed E-state index contributed by atoms with van der Waals surface area (Å²) in [7, 11) is 0. The van der Waals surface area contributed by atoms with E-state index in [-0.39, 0.29) is 6.42 Å². The van der Waals surface area contributed by atoms with Crippen LogP contribution in [0.3, 0.4) is 0 Å². The average Bonchev–Trinajstić information content (AvgIpc) is 2.29. The highest BCUT2D eigenvalue weighted by molar-refractivity contribution is 5.75. The van der Waals surface area contributed by atoms with Crippen molar-refractivity contribution >= 4 is 5.97 Å². The van der Waals surface area contributed by atoms with Crippen LogP contribution in [0, 0.1) is 5.41 Å². The number of carbonyl (C=O) groups excluding carboxylic acids is 1. The molecule has 0 radical (unpaired) electrons. The standard InChI is InChI=1S/C14H19F9O2/c1-4-10(2,3)9(24)25-8-13(19,20)6-11(15,16)5-12(17,18)7-14(21,22)23/h4-8H2,1-3H3. The van der Waals surface area contributed by atoms with E-state index in [1.165, 1.54) is 13.8 Å². The third kappa shape index (κ3) is 9.78. The van der Waals surface area contributed by atoms with Crippen molar-refractivity contribution in [3.63, 3.8) is 0 Å². The molecular weight excluding hydrogens is 371 g/mol. The van der Waals surface area contributed by atoms with Crippen LogP contribution in [0.15, 0.2) is 0 Å². The minimum atomic E-state index is -5.43. The van der Waals surface area contributed by atoms with Gasteiger partial charge < -0.3 is 4.74 Å². The molecule has 150 valence electrons. The highest BCUT2D eigenvalue weighted by Gasteiger charge is 2.53. The van der Waals surface area contributed by atoms with Crippen molar-refractivity contribution < 1.29 is 49.0 Å². The largest absolute Gasteiger partial charge is 0.459 e. The molecule has 0 unspecified atom stereocenters. The molecule has 0 aliphatic carbocycles. The zero-order chi connectivity index (χ0) is 20.3. The van der Waals surface area contributed by atoms with E-state index in [0.29, 0.717) is 0 Å². The van der Waals surface area contributed by atoms with Gasteiger partial charge >= 0.3 is 12.1 Å². The summed E-state index contributed by atoms with van der Waals surface area (Å²) in [6.07, 6.45) is -13.2. The highest BCUT2D eigenvalue weighted by Crippen LogP contribution is 2.42. The van der Waals surface area contributed by atoms with Crippen molar-refractivity contribution in [2.24, 2.45) is 5.41 Å². The summed E-state index contributed by atoms with van der Waals surface area (Å²) in [5.41, 5.74) is -1.15. The predicted molar refractivity (Wildman–Crippen MR) is 69.8 cm³/mol. The Morgan fingerprint density at radius 1 is 0.760 bits per heavy atom. The van der Waals surface area contributed by atoms with Crippen LogP contribution in [0.2, 0.25) is 0 Å². The predicted octanol–water partition coefficient (Wildman–Crippen LogP) is 5.60. The van der Waals surface area contributed by atoms with Crippen molar-refractivity contribution in [2.75, 3.05) is 6.61 Å². The second-order valence-corrected chi connectivity index (χ2v) is 6.53. The molecule has 0 bridgehead atoms. The van der Waals surface area contributed by atoms with Gasteiger partial charge in [-0.3, -0.25) is 4.79 Å². The van der Waals surface area contributed by atoms with Gasteiger partial charge in [0.15, 0.2) is 6.61 Å². The molecule has 0 saturated heterocycles. The molecule has 25 heavy (non-hydrogen) atoms. The molecule has 0 fully saturated rings. The zero-order valence-corrected chi connectivity index (χ0v) is 13.8.